The smallest absolute Gasteiger partial charge is 0.130 e. The lowest BCUT2D eigenvalue weighted by Crippen LogP contribution is -2.20. The van der Waals surface area contributed by atoms with Gasteiger partial charge in [0.25, 0.3) is 0 Å². The summed E-state index contributed by atoms with van der Waals surface area (Å²) < 4.78 is 14.7. The first kappa shape index (κ1) is 15.9. The number of hydrogen-bond acceptors (Lipinski definition) is 1. The van der Waals surface area contributed by atoms with Crippen molar-refractivity contribution in [1.29, 1.82) is 0 Å². The van der Waals surface area contributed by atoms with E-state index in [0.717, 1.165) is 10.9 Å². The normalized spacial score (nSPS) is 14.1. The highest BCUT2D eigenvalue weighted by Gasteiger charge is 2.18. The van der Waals surface area contributed by atoms with Crippen LogP contribution in [0.3, 0.4) is 0 Å². The molecule has 1 unspecified atom stereocenters. The van der Waals surface area contributed by atoms with Crippen molar-refractivity contribution < 1.29 is 4.39 Å². The van der Waals surface area contributed by atoms with Gasteiger partial charge in [0, 0.05) is 16.1 Å². The molecule has 0 saturated heterocycles. The quantitative estimate of drug-likeness (QED) is 0.881. The Morgan fingerprint density at radius 3 is 2.50 bits per heavy atom. The summed E-state index contributed by atoms with van der Waals surface area (Å²) in [6, 6.07) is 3.31. The molecule has 0 amide bonds. The van der Waals surface area contributed by atoms with Gasteiger partial charge in [-0.1, -0.05) is 36.2 Å². The molecule has 0 aromatic heterocycles. The van der Waals surface area contributed by atoms with Crippen LogP contribution >= 0.6 is 28.3 Å². The van der Waals surface area contributed by atoms with Gasteiger partial charge in [0.05, 0.1) is 0 Å². The van der Waals surface area contributed by atoms with Gasteiger partial charge in [-0.25, -0.2) is 4.39 Å². The van der Waals surface area contributed by atoms with Crippen LogP contribution in [-0.2, 0) is 0 Å². The van der Waals surface area contributed by atoms with Gasteiger partial charge in [0.2, 0.25) is 0 Å². The predicted molar refractivity (Wildman–Crippen MR) is 72.5 cm³/mol. The van der Waals surface area contributed by atoms with Gasteiger partial charge in [0.15, 0.2) is 0 Å². The standard InChI is InChI=1S/C12H17BrFN.ClH/c1-4-7(2)12(15)10-6-9(13)5-8(3)11(10)14;/h5-7,12H,4,15H2,1-3H3;1H/t7?,12-;/m1./s1. The van der Waals surface area contributed by atoms with Crippen LogP contribution in [0.15, 0.2) is 16.6 Å². The summed E-state index contributed by atoms with van der Waals surface area (Å²) in [6.07, 6.45) is 0.951. The Kier molecular flexibility index (Phi) is 6.53. The van der Waals surface area contributed by atoms with Crippen molar-refractivity contribution in [3.8, 4) is 0 Å². The van der Waals surface area contributed by atoms with Crippen LogP contribution in [0.1, 0.15) is 37.4 Å². The molecule has 1 aromatic rings. The fraction of sp³-hybridized carbons (Fsp3) is 0.500. The van der Waals surface area contributed by atoms with Gasteiger partial charge < -0.3 is 5.73 Å². The molecule has 2 atom stereocenters. The average Bonchev–Trinajstić information content (AvgIpc) is 2.21. The van der Waals surface area contributed by atoms with E-state index in [1.807, 2.05) is 6.92 Å². The Morgan fingerprint density at radius 1 is 1.44 bits per heavy atom. The molecule has 4 heteroatoms. The van der Waals surface area contributed by atoms with Crippen LogP contribution in [0, 0.1) is 18.7 Å². The minimum Gasteiger partial charge on any atom is -0.324 e. The van der Waals surface area contributed by atoms with Crippen LogP contribution in [0.5, 0.6) is 0 Å². The summed E-state index contributed by atoms with van der Waals surface area (Å²) in [5, 5.41) is 0. The minimum absolute atomic E-state index is 0. The van der Waals surface area contributed by atoms with Crippen molar-refractivity contribution in [2.45, 2.75) is 33.2 Å². The van der Waals surface area contributed by atoms with Gasteiger partial charge in [-0.3, -0.25) is 0 Å². The maximum Gasteiger partial charge on any atom is 0.130 e. The molecule has 0 aliphatic heterocycles. The fourth-order valence-electron chi connectivity index (χ4n) is 1.55. The highest BCUT2D eigenvalue weighted by Crippen LogP contribution is 2.28. The molecule has 16 heavy (non-hydrogen) atoms. The van der Waals surface area contributed by atoms with Crippen LogP contribution < -0.4 is 5.73 Å². The minimum atomic E-state index is -0.230. The largest absolute Gasteiger partial charge is 0.324 e. The number of aryl methyl sites for hydroxylation is 1. The summed E-state index contributed by atoms with van der Waals surface area (Å²) >= 11 is 3.36. The van der Waals surface area contributed by atoms with Crippen molar-refractivity contribution in [1.82, 2.24) is 0 Å². The van der Waals surface area contributed by atoms with E-state index in [4.69, 9.17) is 5.73 Å². The van der Waals surface area contributed by atoms with Gasteiger partial charge in [-0.05, 0) is 30.5 Å². The fourth-order valence-corrected chi connectivity index (χ4v) is 2.14. The number of rotatable bonds is 3. The van der Waals surface area contributed by atoms with Crippen molar-refractivity contribution in [3.63, 3.8) is 0 Å². The number of benzene rings is 1. The zero-order valence-corrected chi connectivity index (χ0v) is 12.2. The van der Waals surface area contributed by atoms with E-state index < -0.39 is 0 Å². The number of halogens is 3. The lowest BCUT2D eigenvalue weighted by Gasteiger charge is -2.20. The Hall–Kier alpha value is -0.120. The topological polar surface area (TPSA) is 26.0 Å². The molecule has 1 aromatic carbocycles. The summed E-state index contributed by atoms with van der Waals surface area (Å²) in [6.45, 7) is 5.86. The van der Waals surface area contributed by atoms with E-state index in [1.165, 1.54) is 0 Å². The molecule has 92 valence electrons. The molecular weight excluding hydrogens is 292 g/mol. The van der Waals surface area contributed by atoms with Crippen LogP contribution in [0.4, 0.5) is 4.39 Å². The van der Waals surface area contributed by atoms with Crippen molar-refractivity contribution in [3.05, 3.63) is 33.5 Å². The average molecular weight is 311 g/mol. The lowest BCUT2D eigenvalue weighted by atomic mass is 9.92. The Labute approximate surface area is 111 Å². The van der Waals surface area contributed by atoms with Gasteiger partial charge in [-0.15, -0.1) is 12.4 Å². The Bertz CT molecular complexity index is 357. The van der Waals surface area contributed by atoms with Crippen molar-refractivity contribution >= 4 is 28.3 Å². The van der Waals surface area contributed by atoms with E-state index in [1.54, 1.807) is 19.1 Å². The second-order valence-electron chi connectivity index (χ2n) is 4.04. The first-order chi connectivity index (χ1) is 6.97. The molecule has 0 heterocycles. The van der Waals surface area contributed by atoms with E-state index in [9.17, 15) is 4.39 Å². The SMILES string of the molecule is CCC(C)[C@@H](N)c1cc(Br)cc(C)c1F.Cl. The predicted octanol–water partition coefficient (Wildman–Crippen LogP) is 4.36. The van der Waals surface area contributed by atoms with Crippen molar-refractivity contribution in [2.24, 2.45) is 11.7 Å². The van der Waals surface area contributed by atoms with E-state index in [2.05, 4.69) is 22.9 Å². The molecule has 0 saturated carbocycles. The van der Waals surface area contributed by atoms with Crippen LogP contribution in [0.2, 0.25) is 0 Å². The Balaban J connectivity index is 0.00000225. The lowest BCUT2D eigenvalue weighted by molar-refractivity contribution is 0.438. The van der Waals surface area contributed by atoms with Crippen molar-refractivity contribution in [2.75, 3.05) is 0 Å². The zero-order chi connectivity index (χ0) is 11.6. The molecule has 0 fully saturated rings. The number of nitrogens with two attached hydrogens (primary N) is 1. The molecular formula is C12H18BrClFN. The summed E-state index contributed by atoms with van der Waals surface area (Å²) in [5.41, 5.74) is 7.27. The van der Waals surface area contributed by atoms with Gasteiger partial charge in [0.1, 0.15) is 5.82 Å². The first-order valence-electron chi connectivity index (χ1n) is 5.18. The second kappa shape index (κ2) is 6.58. The molecule has 0 radical (unpaired) electrons. The molecule has 1 nitrogen and oxygen atoms in total. The molecule has 0 aliphatic carbocycles. The first-order valence-corrected chi connectivity index (χ1v) is 5.97. The van der Waals surface area contributed by atoms with Gasteiger partial charge >= 0.3 is 0 Å². The third kappa shape index (κ3) is 3.44. The maximum absolute atomic E-state index is 13.8. The molecule has 2 N–H and O–H groups in total. The van der Waals surface area contributed by atoms with Gasteiger partial charge in [-0.2, -0.15) is 0 Å². The molecule has 0 aliphatic rings. The third-order valence-corrected chi connectivity index (χ3v) is 3.32. The summed E-state index contributed by atoms with van der Waals surface area (Å²) in [4.78, 5) is 0. The monoisotopic (exact) mass is 309 g/mol. The molecule has 0 spiro atoms. The summed E-state index contributed by atoms with van der Waals surface area (Å²) in [5.74, 6) is 0.110. The maximum atomic E-state index is 13.8. The van der Waals surface area contributed by atoms with E-state index >= 15 is 0 Å². The second-order valence-corrected chi connectivity index (χ2v) is 4.95. The van der Waals surface area contributed by atoms with Crippen LogP contribution in [0.25, 0.3) is 0 Å². The highest BCUT2D eigenvalue weighted by atomic mass is 79.9. The third-order valence-electron chi connectivity index (χ3n) is 2.86. The van der Waals surface area contributed by atoms with E-state index in [0.29, 0.717) is 11.1 Å². The Morgan fingerprint density at radius 2 is 2.00 bits per heavy atom. The molecule has 1 rings (SSSR count). The summed E-state index contributed by atoms with van der Waals surface area (Å²) in [7, 11) is 0. The van der Waals surface area contributed by atoms with E-state index in [-0.39, 0.29) is 30.2 Å². The zero-order valence-electron chi connectivity index (χ0n) is 9.76. The number of hydrogen-bond donors (Lipinski definition) is 1. The molecule has 0 bridgehead atoms. The van der Waals surface area contributed by atoms with Crippen LogP contribution in [-0.4, -0.2) is 0 Å². The highest BCUT2D eigenvalue weighted by molar-refractivity contribution is 9.10.